The molecule has 1 aromatic carbocycles. The Labute approximate surface area is 143 Å². The van der Waals surface area contributed by atoms with Gasteiger partial charge in [0.1, 0.15) is 6.10 Å². The smallest absolute Gasteiger partial charge is 0.410 e. The van der Waals surface area contributed by atoms with Gasteiger partial charge in [-0.2, -0.15) is 0 Å². The number of aryl methyl sites for hydroxylation is 1. The number of nitrogens with zero attached hydrogens (tertiary/aromatic N) is 2. The predicted octanol–water partition coefficient (Wildman–Crippen LogP) is 2.18. The number of carbonyl (C=O) groups excluding carboxylic acids is 1. The van der Waals surface area contributed by atoms with Crippen molar-refractivity contribution in [2.75, 3.05) is 45.1 Å². The maximum atomic E-state index is 12.2. The van der Waals surface area contributed by atoms with E-state index in [4.69, 9.17) is 15.2 Å². The van der Waals surface area contributed by atoms with E-state index in [9.17, 15) is 4.79 Å². The number of ether oxygens (including phenoxy) is 2. The van der Waals surface area contributed by atoms with Crippen LogP contribution in [0.15, 0.2) is 18.2 Å². The Kier molecular flexibility index (Phi) is 5.26. The summed E-state index contributed by atoms with van der Waals surface area (Å²) in [5.74, 6) is 0. The lowest BCUT2D eigenvalue weighted by Crippen LogP contribution is -2.50. The number of hydrogen-bond donors (Lipinski definition) is 1. The summed E-state index contributed by atoms with van der Waals surface area (Å²) in [6.45, 7) is 8.54. The number of piperazine rings is 1. The summed E-state index contributed by atoms with van der Waals surface area (Å²) in [4.78, 5) is 16.4. The molecular formula is C18H27N3O3. The minimum absolute atomic E-state index is 0.0767. The molecular weight excluding hydrogens is 306 g/mol. The van der Waals surface area contributed by atoms with Crippen LogP contribution in [0.5, 0.6) is 0 Å². The van der Waals surface area contributed by atoms with Crippen LogP contribution in [0.1, 0.15) is 30.5 Å². The summed E-state index contributed by atoms with van der Waals surface area (Å²) in [5, 5.41) is 0. The molecule has 1 aromatic rings. The fraction of sp³-hybridized carbons (Fsp3) is 0.611. The maximum Gasteiger partial charge on any atom is 0.410 e. The maximum absolute atomic E-state index is 12.2. The molecule has 0 radical (unpaired) electrons. The standard InChI is InChI=1S/C18H27N3O3/c1-13-11-15(3-4-17(13)19)14(2)20-6-8-21(9-7-20)18(22)24-16-5-10-23-12-16/h3-4,11,14,16H,5-10,12,19H2,1-2H3/t14-,16?/m0/s1. The van der Waals surface area contributed by atoms with E-state index in [0.29, 0.717) is 32.3 Å². The molecule has 2 aliphatic heterocycles. The van der Waals surface area contributed by atoms with Gasteiger partial charge >= 0.3 is 6.09 Å². The minimum Gasteiger partial charge on any atom is -0.444 e. The van der Waals surface area contributed by atoms with E-state index >= 15 is 0 Å². The van der Waals surface area contributed by atoms with Gasteiger partial charge in [0.2, 0.25) is 0 Å². The number of carbonyl (C=O) groups is 1. The van der Waals surface area contributed by atoms with E-state index in [1.54, 1.807) is 4.90 Å². The molecule has 6 nitrogen and oxygen atoms in total. The molecule has 0 saturated carbocycles. The molecule has 2 atom stereocenters. The highest BCUT2D eigenvalue weighted by atomic mass is 16.6. The second-order valence-electron chi connectivity index (χ2n) is 6.68. The van der Waals surface area contributed by atoms with Crippen LogP contribution in [0.2, 0.25) is 0 Å². The van der Waals surface area contributed by atoms with Crippen molar-refractivity contribution in [2.24, 2.45) is 0 Å². The van der Waals surface area contributed by atoms with Crippen LogP contribution in [-0.4, -0.2) is 61.4 Å². The van der Waals surface area contributed by atoms with Crippen molar-refractivity contribution in [3.63, 3.8) is 0 Å². The van der Waals surface area contributed by atoms with Gasteiger partial charge in [0.15, 0.2) is 0 Å². The summed E-state index contributed by atoms with van der Waals surface area (Å²) < 4.78 is 10.7. The molecule has 0 aliphatic carbocycles. The number of amides is 1. The van der Waals surface area contributed by atoms with E-state index in [0.717, 1.165) is 30.8 Å². The molecule has 2 fully saturated rings. The van der Waals surface area contributed by atoms with Gasteiger partial charge in [-0.05, 0) is 31.0 Å². The summed E-state index contributed by atoms with van der Waals surface area (Å²) in [6, 6.07) is 6.53. The lowest BCUT2D eigenvalue weighted by atomic mass is 10.0. The lowest BCUT2D eigenvalue weighted by molar-refractivity contribution is 0.0355. The molecule has 24 heavy (non-hydrogen) atoms. The molecule has 0 spiro atoms. The number of benzene rings is 1. The second kappa shape index (κ2) is 7.40. The molecule has 6 heteroatoms. The van der Waals surface area contributed by atoms with Gasteiger partial charge in [0.25, 0.3) is 0 Å². The summed E-state index contributed by atoms with van der Waals surface area (Å²) in [6.07, 6.45) is 0.521. The van der Waals surface area contributed by atoms with Crippen molar-refractivity contribution in [3.8, 4) is 0 Å². The first-order valence-electron chi connectivity index (χ1n) is 8.68. The highest BCUT2D eigenvalue weighted by molar-refractivity contribution is 5.68. The predicted molar refractivity (Wildman–Crippen MR) is 92.9 cm³/mol. The van der Waals surface area contributed by atoms with Crippen LogP contribution in [0, 0.1) is 6.92 Å². The molecule has 0 aromatic heterocycles. The third-order valence-corrected chi connectivity index (χ3v) is 5.05. The van der Waals surface area contributed by atoms with Crippen molar-refractivity contribution >= 4 is 11.8 Å². The summed E-state index contributed by atoms with van der Waals surface area (Å²) in [7, 11) is 0. The fourth-order valence-corrected chi connectivity index (χ4v) is 3.28. The summed E-state index contributed by atoms with van der Waals surface area (Å²) >= 11 is 0. The Morgan fingerprint density at radius 2 is 2.08 bits per heavy atom. The SMILES string of the molecule is Cc1cc([C@H](C)N2CCN(C(=O)OC3CCOC3)CC2)ccc1N. The lowest BCUT2D eigenvalue weighted by Gasteiger charge is -2.38. The zero-order valence-electron chi connectivity index (χ0n) is 14.5. The molecule has 1 amide bonds. The van der Waals surface area contributed by atoms with Gasteiger partial charge in [-0.1, -0.05) is 12.1 Å². The van der Waals surface area contributed by atoms with Crippen LogP contribution in [-0.2, 0) is 9.47 Å². The zero-order chi connectivity index (χ0) is 17.1. The molecule has 1 unspecified atom stereocenters. The number of hydrogen-bond acceptors (Lipinski definition) is 5. The Balaban J connectivity index is 1.52. The highest BCUT2D eigenvalue weighted by Crippen LogP contribution is 2.25. The molecule has 2 aliphatic rings. The van der Waals surface area contributed by atoms with Gasteiger partial charge in [-0.25, -0.2) is 4.79 Å². The fourth-order valence-electron chi connectivity index (χ4n) is 3.28. The van der Waals surface area contributed by atoms with E-state index in [1.807, 2.05) is 13.0 Å². The first-order chi connectivity index (χ1) is 11.5. The Morgan fingerprint density at radius 1 is 1.33 bits per heavy atom. The van der Waals surface area contributed by atoms with Crippen LogP contribution < -0.4 is 5.73 Å². The van der Waals surface area contributed by atoms with Crippen molar-refractivity contribution < 1.29 is 14.3 Å². The highest BCUT2D eigenvalue weighted by Gasteiger charge is 2.28. The molecule has 2 N–H and O–H groups in total. The summed E-state index contributed by atoms with van der Waals surface area (Å²) in [5.41, 5.74) is 9.11. The van der Waals surface area contributed by atoms with Crippen LogP contribution in [0.25, 0.3) is 0 Å². The van der Waals surface area contributed by atoms with Gasteiger partial charge in [-0.3, -0.25) is 4.90 Å². The van der Waals surface area contributed by atoms with E-state index in [2.05, 4.69) is 24.0 Å². The Morgan fingerprint density at radius 3 is 2.71 bits per heavy atom. The van der Waals surface area contributed by atoms with E-state index in [1.165, 1.54) is 5.56 Å². The van der Waals surface area contributed by atoms with Crippen molar-refractivity contribution in [1.82, 2.24) is 9.80 Å². The average molecular weight is 333 g/mol. The number of rotatable bonds is 3. The molecule has 2 saturated heterocycles. The van der Waals surface area contributed by atoms with E-state index < -0.39 is 0 Å². The normalized spacial score (nSPS) is 23.2. The van der Waals surface area contributed by atoms with Crippen molar-refractivity contribution in [1.29, 1.82) is 0 Å². The topological polar surface area (TPSA) is 68.0 Å². The second-order valence-corrected chi connectivity index (χ2v) is 6.68. The minimum atomic E-state index is -0.207. The Hall–Kier alpha value is -1.79. The van der Waals surface area contributed by atoms with Gasteiger partial charge in [-0.15, -0.1) is 0 Å². The van der Waals surface area contributed by atoms with E-state index in [-0.39, 0.29) is 12.2 Å². The van der Waals surface area contributed by atoms with Crippen LogP contribution in [0.4, 0.5) is 10.5 Å². The number of anilines is 1. The Bertz CT molecular complexity index is 579. The first-order valence-corrected chi connectivity index (χ1v) is 8.68. The quantitative estimate of drug-likeness (QED) is 0.859. The third-order valence-electron chi connectivity index (χ3n) is 5.05. The number of nitrogen functional groups attached to an aromatic ring is 1. The van der Waals surface area contributed by atoms with Gasteiger partial charge in [0.05, 0.1) is 13.2 Å². The first kappa shape index (κ1) is 17.0. The van der Waals surface area contributed by atoms with Gasteiger partial charge in [0, 0.05) is 44.3 Å². The largest absolute Gasteiger partial charge is 0.444 e. The van der Waals surface area contributed by atoms with Crippen molar-refractivity contribution in [2.45, 2.75) is 32.4 Å². The average Bonchev–Trinajstić information content (AvgIpc) is 3.10. The third kappa shape index (κ3) is 3.82. The van der Waals surface area contributed by atoms with Crippen LogP contribution >= 0.6 is 0 Å². The van der Waals surface area contributed by atoms with Crippen molar-refractivity contribution in [3.05, 3.63) is 29.3 Å². The molecule has 3 rings (SSSR count). The van der Waals surface area contributed by atoms with Crippen LogP contribution in [0.3, 0.4) is 0 Å². The van der Waals surface area contributed by atoms with Gasteiger partial charge < -0.3 is 20.1 Å². The molecule has 0 bridgehead atoms. The molecule has 2 heterocycles. The zero-order valence-corrected chi connectivity index (χ0v) is 14.5. The number of nitrogens with two attached hydrogens (primary N) is 1. The monoisotopic (exact) mass is 333 g/mol. The molecule has 132 valence electrons.